The Hall–Kier alpha value is -5.25. The van der Waals surface area contributed by atoms with E-state index >= 15 is 0 Å². The average molecular weight is 555 g/mol. The van der Waals surface area contributed by atoms with Crippen molar-refractivity contribution in [1.29, 1.82) is 0 Å². The lowest BCUT2D eigenvalue weighted by Crippen LogP contribution is -2.11. The Morgan fingerprint density at radius 1 is 0.429 bits per heavy atom. The summed E-state index contributed by atoms with van der Waals surface area (Å²) in [5.41, 5.74) is 6.98. The predicted molar refractivity (Wildman–Crippen MR) is 180 cm³/mol. The van der Waals surface area contributed by atoms with E-state index in [0.717, 1.165) is 22.0 Å². The molecule has 2 nitrogen and oxygen atoms in total. The van der Waals surface area contributed by atoms with Crippen LogP contribution in [0.2, 0.25) is 0 Å². The first-order valence-corrected chi connectivity index (χ1v) is 15.0. The third kappa shape index (κ3) is 4.32. The molecule has 8 rings (SSSR count). The van der Waals surface area contributed by atoms with Crippen LogP contribution >= 0.6 is 11.3 Å². The summed E-state index contributed by atoms with van der Waals surface area (Å²) in [5, 5.41) is 4.97. The number of fused-ring (bicyclic) bond motifs is 4. The molecule has 0 bridgehead atoms. The van der Waals surface area contributed by atoms with Gasteiger partial charge in [-0.1, -0.05) is 115 Å². The van der Waals surface area contributed by atoms with E-state index in [1.807, 2.05) is 0 Å². The van der Waals surface area contributed by atoms with Gasteiger partial charge in [-0.15, -0.1) is 11.3 Å². The highest BCUT2D eigenvalue weighted by molar-refractivity contribution is 7.25. The van der Waals surface area contributed by atoms with E-state index in [4.69, 9.17) is 4.98 Å². The van der Waals surface area contributed by atoms with Crippen molar-refractivity contribution in [2.45, 2.75) is 0 Å². The maximum Gasteiger partial charge on any atom is 0.139 e. The van der Waals surface area contributed by atoms with E-state index in [-0.39, 0.29) is 0 Å². The van der Waals surface area contributed by atoms with Crippen molar-refractivity contribution in [3.05, 3.63) is 158 Å². The predicted octanol–water partition coefficient (Wildman–Crippen LogP) is 11.4. The fourth-order valence-electron chi connectivity index (χ4n) is 5.83. The smallest absolute Gasteiger partial charge is 0.139 e. The van der Waals surface area contributed by atoms with E-state index in [9.17, 15) is 0 Å². The third-order valence-corrected chi connectivity index (χ3v) is 9.00. The standard InChI is InChI=1S/C39H26N2S/c1-2-9-27(10-3-1)28-17-21-31(22-18-28)41(38-26-25-36-35-14-6-7-16-37(35)42-39(36)40-38)32-23-19-30(20-24-32)34-15-8-12-29-11-4-5-13-33(29)34/h1-26H. The van der Waals surface area contributed by atoms with E-state index in [1.165, 1.54) is 48.5 Å². The third-order valence-electron chi connectivity index (χ3n) is 7.92. The maximum absolute atomic E-state index is 5.21. The molecule has 0 radical (unpaired) electrons. The second kappa shape index (κ2) is 10.3. The Labute approximate surface area is 248 Å². The summed E-state index contributed by atoms with van der Waals surface area (Å²) < 4.78 is 1.26. The van der Waals surface area contributed by atoms with Gasteiger partial charge in [-0.05, 0) is 75.5 Å². The summed E-state index contributed by atoms with van der Waals surface area (Å²) in [7, 11) is 0. The summed E-state index contributed by atoms with van der Waals surface area (Å²) in [6.07, 6.45) is 0. The first-order chi connectivity index (χ1) is 20.8. The summed E-state index contributed by atoms with van der Waals surface area (Å²) in [5.74, 6) is 0.902. The van der Waals surface area contributed by atoms with Gasteiger partial charge >= 0.3 is 0 Å². The van der Waals surface area contributed by atoms with E-state index < -0.39 is 0 Å². The number of nitrogens with zero attached hydrogens (tertiary/aromatic N) is 2. The number of aromatic nitrogens is 1. The van der Waals surface area contributed by atoms with Crippen molar-refractivity contribution in [3.63, 3.8) is 0 Å². The Balaban J connectivity index is 1.24. The molecule has 0 atom stereocenters. The molecule has 198 valence electrons. The van der Waals surface area contributed by atoms with Gasteiger partial charge in [0.25, 0.3) is 0 Å². The lowest BCUT2D eigenvalue weighted by atomic mass is 9.98. The Morgan fingerprint density at radius 3 is 1.83 bits per heavy atom. The SMILES string of the molecule is c1ccc(-c2ccc(N(c3ccc(-c4cccc5ccccc45)cc3)c3ccc4c(n3)sc3ccccc34)cc2)cc1. The molecule has 0 aliphatic carbocycles. The van der Waals surface area contributed by atoms with Crippen LogP contribution in [0.15, 0.2) is 158 Å². The zero-order chi connectivity index (χ0) is 27.9. The highest BCUT2D eigenvalue weighted by atomic mass is 32.1. The molecule has 0 aliphatic heterocycles. The lowest BCUT2D eigenvalue weighted by molar-refractivity contribution is 1.21. The van der Waals surface area contributed by atoms with Crippen LogP contribution in [0.5, 0.6) is 0 Å². The number of hydrogen-bond donors (Lipinski definition) is 0. The van der Waals surface area contributed by atoms with Crippen molar-refractivity contribution in [2.75, 3.05) is 4.90 Å². The van der Waals surface area contributed by atoms with Crippen molar-refractivity contribution in [3.8, 4) is 22.3 Å². The second-order valence-corrected chi connectivity index (χ2v) is 11.5. The van der Waals surface area contributed by atoms with Crippen molar-refractivity contribution in [1.82, 2.24) is 4.98 Å². The molecule has 0 saturated heterocycles. The Bertz CT molecular complexity index is 2170. The van der Waals surface area contributed by atoms with Crippen LogP contribution in [0.4, 0.5) is 17.2 Å². The number of anilines is 3. The van der Waals surface area contributed by atoms with Gasteiger partial charge in [-0.2, -0.15) is 0 Å². The molecular weight excluding hydrogens is 529 g/mol. The Morgan fingerprint density at radius 2 is 1.05 bits per heavy atom. The van der Waals surface area contributed by atoms with E-state index in [1.54, 1.807) is 11.3 Å². The van der Waals surface area contributed by atoms with Gasteiger partial charge in [0.05, 0.1) is 0 Å². The quantitative estimate of drug-likeness (QED) is 0.210. The molecule has 6 aromatic carbocycles. The van der Waals surface area contributed by atoms with Crippen LogP contribution in [0.3, 0.4) is 0 Å². The number of rotatable bonds is 5. The van der Waals surface area contributed by atoms with Gasteiger partial charge in [0.15, 0.2) is 0 Å². The van der Waals surface area contributed by atoms with Crippen LogP contribution in [-0.4, -0.2) is 4.98 Å². The zero-order valence-corrected chi connectivity index (χ0v) is 23.6. The highest BCUT2D eigenvalue weighted by Gasteiger charge is 2.17. The second-order valence-electron chi connectivity index (χ2n) is 10.4. The molecule has 0 fully saturated rings. The van der Waals surface area contributed by atoms with Crippen LogP contribution < -0.4 is 4.90 Å². The molecule has 0 N–H and O–H groups in total. The molecule has 8 aromatic rings. The molecular formula is C39H26N2S. The molecule has 0 spiro atoms. The fraction of sp³-hybridized carbons (Fsp3) is 0. The monoisotopic (exact) mass is 554 g/mol. The van der Waals surface area contributed by atoms with Crippen molar-refractivity contribution in [2.24, 2.45) is 0 Å². The van der Waals surface area contributed by atoms with Crippen molar-refractivity contribution >= 4 is 59.6 Å². The minimum Gasteiger partial charge on any atom is -0.295 e. The van der Waals surface area contributed by atoms with Gasteiger partial charge in [0, 0.05) is 26.8 Å². The van der Waals surface area contributed by atoms with Gasteiger partial charge in [-0.25, -0.2) is 4.98 Å². The van der Waals surface area contributed by atoms with Gasteiger partial charge in [-0.3, -0.25) is 4.90 Å². The van der Waals surface area contributed by atoms with Crippen molar-refractivity contribution < 1.29 is 0 Å². The molecule has 2 heterocycles. The molecule has 0 saturated carbocycles. The molecule has 0 unspecified atom stereocenters. The largest absolute Gasteiger partial charge is 0.295 e. The summed E-state index contributed by atoms with van der Waals surface area (Å²) in [4.78, 5) is 8.52. The van der Waals surface area contributed by atoms with Crippen LogP contribution in [0.25, 0.3) is 53.3 Å². The lowest BCUT2D eigenvalue weighted by Gasteiger charge is -2.25. The average Bonchev–Trinajstić information content (AvgIpc) is 3.44. The normalized spacial score (nSPS) is 11.3. The Kier molecular flexibility index (Phi) is 6.02. The first-order valence-electron chi connectivity index (χ1n) is 14.1. The minimum absolute atomic E-state index is 0.902. The van der Waals surface area contributed by atoms with Gasteiger partial charge in [0.2, 0.25) is 0 Å². The minimum atomic E-state index is 0.902. The van der Waals surface area contributed by atoms with E-state index in [0.29, 0.717) is 0 Å². The molecule has 3 heteroatoms. The summed E-state index contributed by atoms with van der Waals surface area (Å²) in [6, 6.07) is 56.1. The molecule has 0 aliphatic rings. The number of thiophene rings is 1. The molecule has 42 heavy (non-hydrogen) atoms. The molecule has 0 amide bonds. The topological polar surface area (TPSA) is 16.1 Å². The number of pyridine rings is 1. The summed E-state index contributed by atoms with van der Waals surface area (Å²) >= 11 is 1.75. The van der Waals surface area contributed by atoms with Crippen LogP contribution in [0, 0.1) is 0 Å². The highest BCUT2D eigenvalue weighted by Crippen LogP contribution is 2.39. The van der Waals surface area contributed by atoms with Gasteiger partial charge in [0.1, 0.15) is 10.6 Å². The van der Waals surface area contributed by atoms with Crippen LogP contribution in [0.1, 0.15) is 0 Å². The van der Waals surface area contributed by atoms with E-state index in [2.05, 4.69) is 163 Å². The van der Waals surface area contributed by atoms with Crippen LogP contribution in [-0.2, 0) is 0 Å². The molecule has 2 aromatic heterocycles. The fourth-order valence-corrected chi connectivity index (χ4v) is 6.90. The van der Waals surface area contributed by atoms with Gasteiger partial charge < -0.3 is 0 Å². The maximum atomic E-state index is 5.21. The zero-order valence-electron chi connectivity index (χ0n) is 22.8. The first kappa shape index (κ1) is 24.5. The summed E-state index contributed by atoms with van der Waals surface area (Å²) in [6.45, 7) is 0. The number of benzene rings is 6. The number of hydrogen-bond acceptors (Lipinski definition) is 3.